The summed E-state index contributed by atoms with van der Waals surface area (Å²) < 4.78 is 27.0. The molecule has 0 spiro atoms. The van der Waals surface area contributed by atoms with E-state index in [9.17, 15) is 18.0 Å². The molecule has 0 aromatic heterocycles. The molecule has 0 aliphatic carbocycles. The Morgan fingerprint density at radius 2 is 1.62 bits per heavy atom. The topological polar surface area (TPSA) is 95.0 Å². The number of benzene rings is 1. The van der Waals surface area contributed by atoms with E-state index in [2.05, 4.69) is 0 Å². The predicted octanol–water partition coefficient (Wildman–Crippen LogP) is 1.41. The van der Waals surface area contributed by atoms with Gasteiger partial charge < -0.3 is 10.0 Å². The molecular weight excluding hydrogens is 356 g/mol. The molecule has 1 unspecified atom stereocenters. The van der Waals surface area contributed by atoms with Crippen LogP contribution >= 0.6 is 0 Å². The summed E-state index contributed by atoms with van der Waals surface area (Å²) in [6.07, 6.45) is 2.23. The molecule has 2 heterocycles. The van der Waals surface area contributed by atoms with Gasteiger partial charge in [0.25, 0.3) is 0 Å². The van der Waals surface area contributed by atoms with Crippen LogP contribution in [0.5, 0.6) is 0 Å². The van der Waals surface area contributed by atoms with Gasteiger partial charge in [0, 0.05) is 26.2 Å². The van der Waals surface area contributed by atoms with E-state index in [4.69, 9.17) is 5.11 Å². The number of aliphatic carboxylic acids is 1. The van der Waals surface area contributed by atoms with E-state index < -0.39 is 16.0 Å². The quantitative estimate of drug-likeness (QED) is 0.852. The Morgan fingerprint density at radius 1 is 0.962 bits per heavy atom. The van der Waals surface area contributed by atoms with Crippen molar-refractivity contribution < 1.29 is 23.1 Å². The summed E-state index contributed by atoms with van der Waals surface area (Å²) in [7, 11) is -3.59. The predicted molar refractivity (Wildman–Crippen MR) is 94.9 cm³/mol. The molecule has 2 aliphatic rings. The Labute approximate surface area is 153 Å². The zero-order chi connectivity index (χ0) is 18.7. The number of sulfonamides is 1. The monoisotopic (exact) mass is 380 g/mol. The lowest BCUT2D eigenvalue weighted by Gasteiger charge is -2.36. The van der Waals surface area contributed by atoms with Crippen LogP contribution in [-0.2, 0) is 19.6 Å². The second kappa shape index (κ2) is 7.75. The van der Waals surface area contributed by atoms with Gasteiger partial charge in [0.05, 0.1) is 16.7 Å². The molecule has 0 radical (unpaired) electrons. The van der Waals surface area contributed by atoms with E-state index in [1.165, 1.54) is 4.31 Å². The lowest BCUT2D eigenvalue weighted by molar-refractivity contribution is -0.147. The summed E-state index contributed by atoms with van der Waals surface area (Å²) in [6, 6.07) is 8.27. The maximum atomic E-state index is 12.8. The van der Waals surface area contributed by atoms with Crippen molar-refractivity contribution in [3.63, 3.8) is 0 Å². The molecule has 1 N–H and O–H groups in total. The van der Waals surface area contributed by atoms with Crippen LogP contribution in [0.3, 0.4) is 0 Å². The Morgan fingerprint density at radius 3 is 2.23 bits per heavy atom. The third kappa shape index (κ3) is 3.91. The third-order valence-corrected chi connectivity index (χ3v) is 7.15. The van der Waals surface area contributed by atoms with Gasteiger partial charge in [0.2, 0.25) is 15.9 Å². The van der Waals surface area contributed by atoms with Crippen LogP contribution in [0.1, 0.15) is 25.7 Å². The molecule has 0 bridgehead atoms. The summed E-state index contributed by atoms with van der Waals surface area (Å²) >= 11 is 0. The molecule has 1 aromatic rings. The highest BCUT2D eigenvalue weighted by Gasteiger charge is 2.36. The molecule has 142 valence electrons. The molecule has 1 aromatic carbocycles. The minimum atomic E-state index is -3.59. The molecular formula is C18H24N2O5S. The van der Waals surface area contributed by atoms with Gasteiger partial charge in [-0.25, -0.2) is 8.42 Å². The highest BCUT2D eigenvalue weighted by Crippen LogP contribution is 2.26. The number of carboxylic acid groups (broad SMARTS) is 1. The maximum Gasteiger partial charge on any atom is 0.306 e. The molecule has 2 saturated heterocycles. The first-order valence-corrected chi connectivity index (χ1v) is 10.4. The molecule has 0 saturated carbocycles. The first-order chi connectivity index (χ1) is 12.4. The summed E-state index contributed by atoms with van der Waals surface area (Å²) in [6.45, 7) is 1.46. The minimum absolute atomic E-state index is 0.0539. The standard InChI is InChI=1S/C18H24N2O5S/c21-17(19-11-8-14(9-12-19)18(22)23)15-5-4-10-20(13-15)26(24,25)16-6-2-1-3-7-16/h1-3,6-7,14-15H,4-5,8-13H2,(H,22,23). The van der Waals surface area contributed by atoms with Crippen molar-refractivity contribution in [3.8, 4) is 0 Å². The van der Waals surface area contributed by atoms with Crippen LogP contribution in [0.4, 0.5) is 0 Å². The second-order valence-electron chi connectivity index (χ2n) is 6.95. The summed E-state index contributed by atoms with van der Waals surface area (Å²) in [5, 5.41) is 9.07. The fourth-order valence-corrected chi connectivity index (χ4v) is 5.25. The van der Waals surface area contributed by atoms with Crippen LogP contribution in [0, 0.1) is 11.8 Å². The lowest BCUT2D eigenvalue weighted by atomic mass is 9.93. The summed E-state index contributed by atoms with van der Waals surface area (Å²) in [5.41, 5.74) is 0. The number of likely N-dealkylation sites (tertiary alicyclic amines) is 1. The number of hydrogen-bond acceptors (Lipinski definition) is 4. The Balaban J connectivity index is 1.65. The lowest BCUT2D eigenvalue weighted by Crippen LogP contribution is -2.49. The van der Waals surface area contributed by atoms with Crippen LogP contribution in [0.15, 0.2) is 35.2 Å². The smallest absolute Gasteiger partial charge is 0.306 e. The molecule has 26 heavy (non-hydrogen) atoms. The zero-order valence-corrected chi connectivity index (χ0v) is 15.4. The number of rotatable bonds is 4. The van der Waals surface area contributed by atoms with Gasteiger partial charge in [-0.05, 0) is 37.8 Å². The first-order valence-electron chi connectivity index (χ1n) is 8.96. The van der Waals surface area contributed by atoms with Crippen LogP contribution in [0.2, 0.25) is 0 Å². The van der Waals surface area contributed by atoms with Crippen molar-refractivity contribution in [2.24, 2.45) is 11.8 Å². The highest BCUT2D eigenvalue weighted by molar-refractivity contribution is 7.89. The number of piperidine rings is 2. The average Bonchev–Trinajstić information content (AvgIpc) is 2.68. The van der Waals surface area contributed by atoms with E-state index >= 15 is 0 Å². The fourth-order valence-electron chi connectivity index (χ4n) is 3.71. The SMILES string of the molecule is O=C(O)C1CCN(C(=O)C2CCCN(S(=O)(=O)c3ccccc3)C2)CC1. The van der Waals surface area contributed by atoms with Crippen LogP contribution < -0.4 is 0 Å². The van der Waals surface area contributed by atoms with E-state index in [1.807, 2.05) is 0 Å². The fraction of sp³-hybridized carbons (Fsp3) is 0.556. The van der Waals surface area contributed by atoms with E-state index in [0.29, 0.717) is 45.3 Å². The van der Waals surface area contributed by atoms with Crippen molar-refractivity contribution in [3.05, 3.63) is 30.3 Å². The first kappa shape index (κ1) is 18.8. The van der Waals surface area contributed by atoms with Crippen LogP contribution in [0.25, 0.3) is 0 Å². The summed E-state index contributed by atoms with van der Waals surface area (Å²) in [5.74, 6) is -1.61. The molecule has 2 fully saturated rings. The zero-order valence-electron chi connectivity index (χ0n) is 14.6. The van der Waals surface area contributed by atoms with Gasteiger partial charge >= 0.3 is 5.97 Å². The normalized spacial score (nSPS) is 22.9. The van der Waals surface area contributed by atoms with Gasteiger partial charge in [-0.2, -0.15) is 4.31 Å². The molecule has 3 rings (SSSR count). The molecule has 1 atom stereocenters. The number of carbonyl (C=O) groups excluding carboxylic acids is 1. The molecule has 2 aliphatic heterocycles. The van der Waals surface area contributed by atoms with E-state index in [-0.39, 0.29) is 29.2 Å². The Bertz CT molecular complexity index is 757. The van der Waals surface area contributed by atoms with Gasteiger partial charge in [0.1, 0.15) is 0 Å². The number of hydrogen-bond donors (Lipinski definition) is 1. The highest BCUT2D eigenvalue weighted by atomic mass is 32.2. The van der Waals surface area contributed by atoms with Crippen molar-refractivity contribution in [2.45, 2.75) is 30.6 Å². The van der Waals surface area contributed by atoms with Crippen molar-refractivity contribution in [2.75, 3.05) is 26.2 Å². The van der Waals surface area contributed by atoms with E-state index in [1.54, 1.807) is 35.2 Å². The largest absolute Gasteiger partial charge is 0.481 e. The van der Waals surface area contributed by atoms with Crippen LogP contribution in [-0.4, -0.2) is 60.8 Å². The summed E-state index contributed by atoms with van der Waals surface area (Å²) in [4.78, 5) is 25.8. The molecule has 8 heteroatoms. The van der Waals surface area contributed by atoms with Gasteiger partial charge in [0.15, 0.2) is 0 Å². The van der Waals surface area contributed by atoms with Crippen molar-refractivity contribution in [1.82, 2.24) is 9.21 Å². The molecule has 1 amide bonds. The average molecular weight is 380 g/mol. The number of amides is 1. The van der Waals surface area contributed by atoms with Gasteiger partial charge in [-0.1, -0.05) is 18.2 Å². The Kier molecular flexibility index (Phi) is 5.62. The number of nitrogens with zero attached hydrogens (tertiary/aromatic N) is 2. The van der Waals surface area contributed by atoms with E-state index in [0.717, 1.165) is 0 Å². The maximum absolute atomic E-state index is 12.8. The Hall–Kier alpha value is -1.93. The number of carbonyl (C=O) groups is 2. The number of carboxylic acids is 1. The minimum Gasteiger partial charge on any atom is -0.481 e. The third-order valence-electron chi connectivity index (χ3n) is 5.27. The van der Waals surface area contributed by atoms with Crippen molar-refractivity contribution >= 4 is 21.9 Å². The molecule has 7 nitrogen and oxygen atoms in total. The van der Waals surface area contributed by atoms with Gasteiger partial charge in [-0.15, -0.1) is 0 Å². The second-order valence-corrected chi connectivity index (χ2v) is 8.89. The van der Waals surface area contributed by atoms with Gasteiger partial charge in [-0.3, -0.25) is 9.59 Å². The van der Waals surface area contributed by atoms with Crippen molar-refractivity contribution in [1.29, 1.82) is 0 Å².